The zero-order valence-corrected chi connectivity index (χ0v) is 8.47. The predicted molar refractivity (Wildman–Crippen MR) is 50.0 cm³/mol. The van der Waals surface area contributed by atoms with Gasteiger partial charge in [-0.25, -0.2) is 4.98 Å². The molecule has 0 radical (unpaired) electrons. The highest BCUT2D eigenvalue weighted by Gasteiger charge is 2.21. The van der Waals surface area contributed by atoms with Gasteiger partial charge in [-0.2, -0.15) is 0 Å². The Morgan fingerprint density at radius 3 is 2.50 bits per heavy atom. The summed E-state index contributed by atoms with van der Waals surface area (Å²) in [6.07, 6.45) is 1.83. The van der Waals surface area contributed by atoms with Gasteiger partial charge in [0.2, 0.25) is 5.88 Å². The fourth-order valence-corrected chi connectivity index (χ4v) is 1.05. The SMILES string of the molecule is COc1nccnc1C(O)C(C)OC. The van der Waals surface area contributed by atoms with E-state index in [2.05, 4.69) is 9.97 Å². The normalized spacial score (nSPS) is 14.9. The summed E-state index contributed by atoms with van der Waals surface area (Å²) < 4.78 is 9.96. The first-order valence-corrected chi connectivity index (χ1v) is 4.26. The van der Waals surface area contributed by atoms with Crippen LogP contribution in [0, 0.1) is 0 Å². The number of aromatic nitrogens is 2. The Morgan fingerprint density at radius 1 is 1.29 bits per heavy atom. The molecule has 0 aliphatic carbocycles. The van der Waals surface area contributed by atoms with Crippen LogP contribution in [0.1, 0.15) is 18.7 Å². The van der Waals surface area contributed by atoms with E-state index < -0.39 is 6.10 Å². The minimum Gasteiger partial charge on any atom is -0.480 e. The van der Waals surface area contributed by atoms with Crippen LogP contribution in [-0.4, -0.2) is 35.4 Å². The summed E-state index contributed by atoms with van der Waals surface area (Å²) in [5, 5.41) is 9.79. The van der Waals surface area contributed by atoms with E-state index in [0.717, 1.165) is 0 Å². The molecule has 5 heteroatoms. The molecule has 0 spiro atoms. The quantitative estimate of drug-likeness (QED) is 0.765. The lowest BCUT2D eigenvalue weighted by molar-refractivity contribution is -0.00508. The summed E-state index contributed by atoms with van der Waals surface area (Å²) in [6.45, 7) is 1.75. The number of rotatable bonds is 4. The summed E-state index contributed by atoms with van der Waals surface area (Å²) in [7, 11) is 3.01. The molecule has 0 fully saturated rings. The van der Waals surface area contributed by atoms with Crippen molar-refractivity contribution in [1.29, 1.82) is 0 Å². The van der Waals surface area contributed by atoms with Crippen molar-refractivity contribution in [3.63, 3.8) is 0 Å². The fourth-order valence-electron chi connectivity index (χ4n) is 1.05. The summed E-state index contributed by atoms with van der Waals surface area (Å²) in [5.41, 5.74) is 0.393. The van der Waals surface area contributed by atoms with E-state index in [9.17, 15) is 5.11 Å². The van der Waals surface area contributed by atoms with E-state index in [0.29, 0.717) is 11.6 Å². The standard InChI is InChI=1S/C9H14N2O3/c1-6(13-2)8(12)7-9(14-3)11-5-4-10-7/h4-6,8,12H,1-3H3. The van der Waals surface area contributed by atoms with Gasteiger partial charge in [-0.15, -0.1) is 0 Å². The van der Waals surface area contributed by atoms with Crippen molar-refractivity contribution in [2.45, 2.75) is 19.1 Å². The molecule has 1 heterocycles. The van der Waals surface area contributed by atoms with E-state index >= 15 is 0 Å². The van der Waals surface area contributed by atoms with E-state index in [4.69, 9.17) is 9.47 Å². The summed E-state index contributed by atoms with van der Waals surface area (Å²) in [6, 6.07) is 0. The smallest absolute Gasteiger partial charge is 0.238 e. The van der Waals surface area contributed by atoms with Gasteiger partial charge in [-0.1, -0.05) is 0 Å². The van der Waals surface area contributed by atoms with Crippen LogP contribution in [-0.2, 0) is 4.74 Å². The highest BCUT2D eigenvalue weighted by Crippen LogP contribution is 2.23. The van der Waals surface area contributed by atoms with Gasteiger partial charge in [-0.05, 0) is 6.92 Å². The minimum absolute atomic E-state index is 0.323. The average Bonchev–Trinajstić information content (AvgIpc) is 2.26. The van der Waals surface area contributed by atoms with Crippen LogP contribution in [0.15, 0.2) is 12.4 Å². The minimum atomic E-state index is -0.830. The van der Waals surface area contributed by atoms with Crippen molar-refractivity contribution in [3.05, 3.63) is 18.1 Å². The van der Waals surface area contributed by atoms with Crippen molar-refractivity contribution in [1.82, 2.24) is 9.97 Å². The Bertz CT molecular complexity index is 293. The van der Waals surface area contributed by atoms with E-state index in [-0.39, 0.29) is 6.10 Å². The molecule has 1 N–H and O–H groups in total. The first-order valence-electron chi connectivity index (χ1n) is 4.26. The summed E-state index contributed by atoms with van der Waals surface area (Å²) in [4.78, 5) is 7.94. The Morgan fingerprint density at radius 2 is 1.93 bits per heavy atom. The highest BCUT2D eigenvalue weighted by atomic mass is 16.5. The molecule has 2 atom stereocenters. The second kappa shape index (κ2) is 4.88. The second-order valence-electron chi connectivity index (χ2n) is 2.84. The molecule has 14 heavy (non-hydrogen) atoms. The van der Waals surface area contributed by atoms with Crippen molar-refractivity contribution in [2.24, 2.45) is 0 Å². The number of hydrogen-bond donors (Lipinski definition) is 1. The van der Waals surface area contributed by atoms with Gasteiger partial charge >= 0.3 is 0 Å². The van der Waals surface area contributed by atoms with E-state index in [1.165, 1.54) is 26.6 Å². The van der Waals surface area contributed by atoms with Gasteiger partial charge in [0.25, 0.3) is 0 Å². The van der Waals surface area contributed by atoms with Crippen LogP contribution in [0.5, 0.6) is 5.88 Å². The van der Waals surface area contributed by atoms with Crippen molar-refractivity contribution < 1.29 is 14.6 Å². The average molecular weight is 198 g/mol. The Kier molecular flexibility index (Phi) is 3.79. The molecule has 1 aromatic rings. The van der Waals surface area contributed by atoms with Gasteiger partial charge in [0.15, 0.2) is 0 Å². The number of aliphatic hydroxyl groups is 1. The molecule has 5 nitrogen and oxygen atoms in total. The molecule has 0 saturated carbocycles. The van der Waals surface area contributed by atoms with Crippen molar-refractivity contribution in [2.75, 3.05) is 14.2 Å². The number of aliphatic hydroxyl groups excluding tert-OH is 1. The molecule has 0 amide bonds. The molecule has 0 saturated heterocycles. The number of methoxy groups -OCH3 is 2. The predicted octanol–water partition coefficient (Wildman–Crippen LogP) is 0.553. The zero-order chi connectivity index (χ0) is 10.6. The molecule has 0 aliphatic rings. The first-order chi connectivity index (χ1) is 6.70. The third-order valence-electron chi connectivity index (χ3n) is 1.98. The monoisotopic (exact) mass is 198 g/mol. The Hall–Kier alpha value is -1.20. The molecule has 0 aliphatic heterocycles. The third kappa shape index (κ3) is 2.18. The van der Waals surface area contributed by atoms with Crippen LogP contribution < -0.4 is 4.74 Å². The Labute approximate surface area is 82.7 Å². The van der Waals surface area contributed by atoms with Crippen LogP contribution >= 0.6 is 0 Å². The maximum atomic E-state index is 9.79. The number of hydrogen-bond acceptors (Lipinski definition) is 5. The topological polar surface area (TPSA) is 64.5 Å². The third-order valence-corrected chi connectivity index (χ3v) is 1.98. The second-order valence-corrected chi connectivity index (χ2v) is 2.84. The molecule has 2 unspecified atom stereocenters. The van der Waals surface area contributed by atoms with Crippen molar-refractivity contribution >= 4 is 0 Å². The fraction of sp³-hybridized carbons (Fsp3) is 0.556. The molecule has 78 valence electrons. The van der Waals surface area contributed by atoms with E-state index in [1.54, 1.807) is 6.92 Å². The molecular formula is C9H14N2O3. The zero-order valence-electron chi connectivity index (χ0n) is 8.47. The molecular weight excluding hydrogens is 184 g/mol. The maximum absolute atomic E-state index is 9.79. The molecule has 1 aromatic heterocycles. The Balaban J connectivity index is 2.93. The largest absolute Gasteiger partial charge is 0.480 e. The van der Waals surface area contributed by atoms with Gasteiger partial charge in [0, 0.05) is 19.5 Å². The van der Waals surface area contributed by atoms with E-state index in [1.807, 2.05) is 0 Å². The lowest BCUT2D eigenvalue weighted by atomic mass is 10.1. The molecule has 0 aromatic carbocycles. The maximum Gasteiger partial charge on any atom is 0.238 e. The van der Waals surface area contributed by atoms with Crippen LogP contribution in [0.3, 0.4) is 0 Å². The lowest BCUT2D eigenvalue weighted by Crippen LogP contribution is -2.19. The summed E-state index contributed by atoms with van der Waals surface area (Å²) in [5.74, 6) is 0.323. The lowest BCUT2D eigenvalue weighted by Gasteiger charge is -2.17. The van der Waals surface area contributed by atoms with Gasteiger partial charge in [0.1, 0.15) is 11.8 Å². The number of ether oxygens (including phenoxy) is 2. The van der Waals surface area contributed by atoms with Gasteiger partial charge in [0.05, 0.1) is 13.2 Å². The van der Waals surface area contributed by atoms with Crippen LogP contribution in [0.2, 0.25) is 0 Å². The highest BCUT2D eigenvalue weighted by molar-refractivity contribution is 5.20. The van der Waals surface area contributed by atoms with Crippen LogP contribution in [0.25, 0.3) is 0 Å². The summed E-state index contributed by atoms with van der Waals surface area (Å²) >= 11 is 0. The van der Waals surface area contributed by atoms with Gasteiger partial charge in [-0.3, -0.25) is 4.98 Å². The molecule has 1 rings (SSSR count). The van der Waals surface area contributed by atoms with Crippen molar-refractivity contribution in [3.8, 4) is 5.88 Å². The first kappa shape index (κ1) is 10.9. The molecule has 0 bridgehead atoms. The number of nitrogens with zero attached hydrogens (tertiary/aromatic N) is 2. The van der Waals surface area contributed by atoms with Gasteiger partial charge < -0.3 is 14.6 Å². The van der Waals surface area contributed by atoms with Crippen LogP contribution in [0.4, 0.5) is 0 Å².